The highest BCUT2D eigenvalue weighted by Gasteiger charge is 2.42. The summed E-state index contributed by atoms with van der Waals surface area (Å²) in [6, 6.07) is 6.90. The van der Waals surface area contributed by atoms with Crippen molar-refractivity contribution in [1.29, 1.82) is 0 Å². The van der Waals surface area contributed by atoms with Gasteiger partial charge in [0.05, 0.1) is 5.92 Å². The van der Waals surface area contributed by atoms with Crippen LogP contribution in [-0.4, -0.2) is 49.6 Å². The molecule has 1 aliphatic carbocycles. The Kier molecular flexibility index (Phi) is 4.41. The summed E-state index contributed by atoms with van der Waals surface area (Å²) in [5.41, 5.74) is 7.58. The minimum absolute atomic E-state index is 0.108. The van der Waals surface area contributed by atoms with Crippen molar-refractivity contribution in [2.75, 3.05) is 37.6 Å². The van der Waals surface area contributed by atoms with Gasteiger partial charge in [0.2, 0.25) is 5.91 Å². The molecular formula is C18H25FN4O. The van der Waals surface area contributed by atoms with Gasteiger partial charge in [0.25, 0.3) is 0 Å². The lowest BCUT2D eigenvalue weighted by Crippen LogP contribution is -2.54. The summed E-state index contributed by atoms with van der Waals surface area (Å²) in [4.78, 5) is 17.2. The Morgan fingerprint density at radius 1 is 1.08 bits per heavy atom. The molecule has 2 aliphatic heterocycles. The van der Waals surface area contributed by atoms with Crippen molar-refractivity contribution in [2.24, 2.45) is 11.8 Å². The molecule has 0 spiro atoms. The summed E-state index contributed by atoms with van der Waals surface area (Å²) in [5.74, 6) is 0.793. The monoisotopic (exact) mass is 332 g/mol. The van der Waals surface area contributed by atoms with Crippen LogP contribution in [-0.2, 0) is 4.79 Å². The number of rotatable bonds is 2. The molecule has 3 unspecified atom stereocenters. The van der Waals surface area contributed by atoms with E-state index in [1.165, 1.54) is 18.6 Å². The second kappa shape index (κ2) is 6.69. The number of hydrogen-bond donors (Lipinski definition) is 2. The van der Waals surface area contributed by atoms with E-state index in [0.29, 0.717) is 17.9 Å². The third-order valence-corrected chi connectivity index (χ3v) is 5.76. The average molecular weight is 332 g/mol. The quantitative estimate of drug-likeness (QED) is 0.859. The van der Waals surface area contributed by atoms with Crippen LogP contribution in [0.5, 0.6) is 0 Å². The zero-order valence-corrected chi connectivity index (χ0v) is 13.9. The predicted octanol–water partition coefficient (Wildman–Crippen LogP) is 1.37. The molecule has 4 rings (SSSR count). The Morgan fingerprint density at radius 3 is 2.58 bits per heavy atom. The van der Waals surface area contributed by atoms with Crippen molar-refractivity contribution in [3.05, 3.63) is 30.1 Å². The molecule has 0 radical (unpaired) electrons. The number of hydrazine groups is 1. The molecule has 2 heterocycles. The minimum Gasteiger partial charge on any atom is -0.368 e. The van der Waals surface area contributed by atoms with Gasteiger partial charge in [-0.15, -0.1) is 0 Å². The number of hydrogen-bond acceptors (Lipinski definition) is 4. The molecule has 1 amide bonds. The van der Waals surface area contributed by atoms with Crippen molar-refractivity contribution in [2.45, 2.75) is 25.3 Å². The van der Waals surface area contributed by atoms with Crippen molar-refractivity contribution in [1.82, 2.24) is 15.8 Å². The third-order valence-electron chi connectivity index (χ3n) is 5.76. The summed E-state index contributed by atoms with van der Waals surface area (Å²) in [6.07, 6.45) is 3.36. The molecule has 3 fully saturated rings. The second-order valence-corrected chi connectivity index (χ2v) is 7.14. The first-order valence-corrected chi connectivity index (χ1v) is 9.00. The van der Waals surface area contributed by atoms with Gasteiger partial charge in [0, 0.05) is 44.5 Å². The Hall–Kier alpha value is -1.66. The summed E-state index contributed by atoms with van der Waals surface area (Å²) in [5, 5.41) is 0. The number of halogens is 1. The molecule has 2 N–H and O–H groups in total. The highest BCUT2D eigenvalue weighted by Crippen LogP contribution is 2.32. The van der Waals surface area contributed by atoms with E-state index in [1.54, 1.807) is 0 Å². The molecule has 0 bridgehead atoms. The normalized spacial score (nSPS) is 30.3. The zero-order chi connectivity index (χ0) is 16.5. The van der Waals surface area contributed by atoms with Gasteiger partial charge in [-0.1, -0.05) is 6.42 Å². The average Bonchev–Trinajstić information content (AvgIpc) is 3.11. The van der Waals surface area contributed by atoms with Crippen molar-refractivity contribution >= 4 is 11.6 Å². The molecule has 3 atom stereocenters. The van der Waals surface area contributed by atoms with Crippen LogP contribution in [0.25, 0.3) is 0 Å². The smallest absolute Gasteiger partial charge is 0.227 e. The molecular weight excluding hydrogens is 307 g/mol. The number of nitrogens with one attached hydrogen (secondary N) is 2. The van der Waals surface area contributed by atoms with Crippen molar-refractivity contribution in [3.63, 3.8) is 0 Å². The summed E-state index contributed by atoms with van der Waals surface area (Å²) in [7, 11) is 0. The van der Waals surface area contributed by atoms with E-state index < -0.39 is 0 Å². The van der Waals surface area contributed by atoms with Crippen molar-refractivity contribution in [3.8, 4) is 0 Å². The molecule has 0 aromatic heterocycles. The maximum absolute atomic E-state index is 13.1. The first-order valence-electron chi connectivity index (χ1n) is 9.00. The Bertz CT molecular complexity index is 585. The van der Waals surface area contributed by atoms with Crippen LogP contribution in [0.1, 0.15) is 19.3 Å². The molecule has 1 saturated carbocycles. The summed E-state index contributed by atoms with van der Waals surface area (Å²) >= 11 is 0. The van der Waals surface area contributed by atoms with E-state index in [-0.39, 0.29) is 11.7 Å². The fraction of sp³-hybridized carbons (Fsp3) is 0.611. The molecule has 5 nitrogen and oxygen atoms in total. The lowest BCUT2D eigenvalue weighted by molar-refractivity contribution is -0.138. The molecule has 1 aromatic rings. The van der Waals surface area contributed by atoms with E-state index in [0.717, 1.165) is 51.3 Å². The number of amides is 1. The van der Waals surface area contributed by atoms with Crippen LogP contribution in [0.15, 0.2) is 24.3 Å². The molecule has 2 saturated heterocycles. The van der Waals surface area contributed by atoms with Gasteiger partial charge in [-0.3, -0.25) is 15.6 Å². The lowest BCUT2D eigenvalue weighted by Gasteiger charge is -2.40. The summed E-state index contributed by atoms with van der Waals surface area (Å²) in [6.45, 7) is 4.09. The number of benzene rings is 1. The van der Waals surface area contributed by atoms with Crippen LogP contribution in [0.3, 0.4) is 0 Å². The predicted molar refractivity (Wildman–Crippen MR) is 91.0 cm³/mol. The third kappa shape index (κ3) is 3.00. The van der Waals surface area contributed by atoms with E-state index in [4.69, 9.17) is 0 Å². The first-order chi connectivity index (χ1) is 11.7. The highest BCUT2D eigenvalue weighted by molar-refractivity contribution is 5.80. The Balaban J connectivity index is 1.36. The first kappa shape index (κ1) is 15.8. The molecule has 130 valence electrons. The van der Waals surface area contributed by atoms with Gasteiger partial charge >= 0.3 is 0 Å². The number of carbonyl (C=O) groups is 1. The standard InChI is InChI=1S/C18H25FN4O/c19-14-4-6-15(7-5-14)22-8-10-23(11-9-22)18(24)16-3-1-2-13-12-20-21-17(13)16/h4-7,13,16-17,20-21H,1-3,8-12H2. The fourth-order valence-corrected chi connectivity index (χ4v) is 4.39. The van der Waals surface area contributed by atoms with E-state index in [1.807, 2.05) is 17.0 Å². The van der Waals surface area contributed by atoms with Crippen LogP contribution in [0.4, 0.5) is 10.1 Å². The van der Waals surface area contributed by atoms with Crippen LogP contribution >= 0.6 is 0 Å². The number of fused-ring (bicyclic) bond motifs is 1. The fourth-order valence-electron chi connectivity index (χ4n) is 4.39. The van der Waals surface area contributed by atoms with Crippen LogP contribution in [0, 0.1) is 17.7 Å². The van der Waals surface area contributed by atoms with Crippen LogP contribution < -0.4 is 15.8 Å². The molecule has 6 heteroatoms. The van der Waals surface area contributed by atoms with Gasteiger partial charge in [-0.25, -0.2) is 4.39 Å². The van der Waals surface area contributed by atoms with Gasteiger partial charge in [-0.05, 0) is 43.0 Å². The molecule has 3 aliphatic rings. The van der Waals surface area contributed by atoms with Gasteiger partial charge in [0.15, 0.2) is 0 Å². The number of carbonyl (C=O) groups excluding carboxylic acids is 1. The lowest BCUT2D eigenvalue weighted by atomic mass is 9.77. The van der Waals surface area contributed by atoms with E-state index in [2.05, 4.69) is 15.8 Å². The van der Waals surface area contributed by atoms with Gasteiger partial charge in [0.1, 0.15) is 5.82 Å². The number of anilines is 1. The van der Waals surface area contributed by atoms with Gasteiger partial charge < -0.3 is 9.80 Å². The number of piperazine rings is 1. The minimum atomic E-state index is -0.211. The largest absolute Gasteiger partial charge is 0.368 e. The Morgan fingerprint density at radius 2 is 1.83 bits per heavy atom. The van der Waals surface area contributed by atoms with E-state index >= 15 is 0 Å². The highest BCUT2D eigenvalue weighted by atomic mass is 19.1. The molecule has 24 heavy (non-hydrogen) atoms. The molecule has 1 aromatic carbocycles. The number of nitrogens with zero attached hydrogens (tertiary/aromatic N) is 2. The maximum Gasteiger partial charge on any atom is 0.227 e. The second-order valence-electron chi connectivity index (χ2n) is 7.14. The maximum atomic E-state index is 13.1. The summed E-state index contributed by atoms with van der Waals surface area (Å²) < 4.78 is 13.1. The van der Waals surface area contributed by atoms with Crippen LogP contribution in [0.2, 0.25) is 0 Å². The van der Waals surface area contributed by atoms with Gasteiger partial charge in [-0.2, -0.15) is 0 Å². The Labute approximate surface area is 142 Å². The SMILES string of the molecule is O=C(C1CCCC2CNNC21)N1CCN(c2ccc(F)cc2)CC1. The van der Waals surface area contributed by atoms with Crippen molar-refractivity contribution < 1.29 is 9.18 Å². The van der Waals surface area contributed by atoms with E-state index in [9.17, 15) is 9.18 Å². The zero-order valence-electron chi connectivity index (χ0n) is 13.9. The topological polar surface area (TPSA) is 47.6 Å².